The van der Waals surface area contributed by atoms with E-state index in [9.17, 15) is 9.59 Å². The van der Waals surface area contributed by atoms with Crippen molar-refractivity contribution < 1.29 is 14.3 Å². The number of carbonyl (C=O) groups excluding carboxylic acids is 2. The summed E-state index contributed by atoms with van der Waals surface area (Å²) < 4.78 is 5.12. The Hall–Kier alpha value is -2.60. The highest BCUT2D eigenvalue weighted by Crippen LogP contribution is 2.21. The topological polar surface area (TPSA) is 65.6 Å². The van der Waals surface area contributed by atoms with E-state index in [1.165, 1.54) is 11.1 Å². The molecule has 1 fully saturated rings. The van der Waals surface area contributed by atoms with Crippen LogP contribution in [0.5, 0.6) is 0 Å². The van der Waals surface area contributed by atoms with Crippen LogP contribution in [0, 0.1) is 20.8 Å². The predicted molar refractivity (Wildman–Crippen MR) is 109 cm³/mol. The normalized spacial score (nSPS) is 14.9. The van der Waals surface area contributed by atoms with Gasteiger partial charge in [-0.3, -0.25) is 9.69 Å². The molecule has 1 N–H and O–H groups in total. The summed E-state index contributed by atoms with van der Waals surface area (Å²) in [5.74, 6) is -0.429. The lowest BCUT2D eigenvalue weighted by molar-refractivity contribution is 0.0525. The number of hydrogen-bond acceptors (Lipinski definition) is 4. The second-order valence-corrected chi connectivity index (χ2v) is 7.40. The molecule has 0 bridgehead atoms. The summed E-state index contributed by atoms with van der Waals surface area (Å²) in [6.45, 7) is 11.7. The Morgan fingerprint density at radius 2 is 1.82 bits per heavy atom. The van der Waals surface area contributed by atoms with Crippen LogP contribution < -0.4 is 0 Å². The Bertz CT molecular complexity index is 864. The van der Waals surface area contributed by atoms with Crippen molar-refractivity contribution in [1.82, 2.24) is 14.8 Å². The van der Waals surface area contributed by atoms with Crippen molar-refractivity contribution in [3.8, 4) is 0 Å². The molecular formula is C22H29N3O3. The van der Waals surface area contributed by atoms with Gasteiger partial charge in [0.15, 0.2) is 0 Å². The first-order valence-corrected chi connectivity index (χ1v) is 9.84. The van der Waals surface area contributed by atoms with E-state index >= 15 is 0 Å². The quantitative estimate of drug-likeness (QED) is 0.806. The number of benzene rings is 1. The lowest BCUT2D eigenvalue weighted by Crippen LogP contribution is -2.48. The number of aromatic nitrogens is 1. The highest BCUT2D eigenvalue weighted by atomic mass is 16.5. The Kier molecular flexibility index (Phi) is 6.19. The molecule has 0 unspecified atom stereocenters. The van der Waals surface area contributed by atoms with Crippen molar-refractivity contribution in [2.75, 3.05) is 32.8 Å². The number of H-pyrrole nitrogens is 1. The van der Waals surface area contributed by atoms with Gasteiger partial charge >= 0.3 is 5.97 Å². The zero-order chi connectivity index (χ0) is 20.3. The standard InChI is InChI=1S/C22H29N3O3/c1-5-28-22(27)19-16(3)20(23-17(19)4)21(26)25-11-9-24(10-12-25)14-18-8-6-7-15(2)13-18/h6-8,13,23H,5,9-12,14H2,1-4H3. The fourth-order valence-electron chi connectivity index (χ4n) is 3.81. The van der Waals surface area contributed by atoms with Gasteiger partial charge in [-0.15, -0.1) is 0 Å². The second-order valence-electron chi connectivity index (χ2n) is 7.40. The number of rotatable bonds is 5. The van der Waals surface area contributed by atoms with Crippen molar-refractivity contribution in [1.29, 1.82) is 0 Å². The first-order valence-electron chi connectivity index (χ1n) is 9.84. The zero-order valence-corrected chi connectivity index (χ0v) is 17.2. The van der Waals surface area contributed by atoms with Crippen LogP contribution in [0.15, 0.2) is 24.3 Å². The number of aryl methyl sites for hydroxylation is 2. The summed E-state index contributed by atoms with van der Waals surface area (Å²) in [5, 5.41) is 0. The number of esters is 1. The summed E-state index contributed by atoms with van der Waals surface area (Å²) in [6, 6.07) is 8.54. The monoisotopic (exact) mass is 383 g/mol. The minimum absolute atomic E-state index is 0.0497. The molecule has 6 heteroatoms. The third-order valence-corrected chi connectivity index (χ3v) is 5.28. The lowest BCUT2D eigenvalue weighted by Gasteiger charge is -2.34. The lowest BCUT2D eigenvalue weighted by atomic mass is 10.1. The first kappa shape index (κ1) is 20.1. The van der Waals surface area contributed by atoms with Gasteiger partial charge in [0, 0.05) is 38.4 Å². The van der Waals surface area contributed by atoms with Crippen LogP contribution in [-0.4, -0.2) is 59.4 Å². The smallest absolute Gasteiger partial charge is 0.340 e. The molecule has 0 spiro atoms. The summed E-state index contributed by atoms with van der Waals surface area (Å²) >= 11 is 0. The molecule has 3 rings (SSSR count). The van der Waals surface area contributed by atoms with E-state index in [0.29, 0.717) is 42.2 Å². The zero-order valence-electron chi connectivity index (χ0n) is 17.2. The molecule has 1 aromatic heterocycles. The Morgan fingerprint density at radius 3 is 2.46 bits per heavy atom. The van der Waals surface area contributed by atoms with Crippen molar-refractivity contribution in [3.63, 3.8) is 0 Å². The van der Waals surface area contributed by atoms with Crippen LogP contribution in [0.25, 0.3) is 0 Å². The number of nitrogens with zero attached hydrogens (tertiary/aromatic N) is 2. The van der Waals surface area contributed by atoms with Gasteiger partial charge in [0.05, 0.1) is 12.2 Å². The number of ether oxygens (including phenoxy) is 1. The van der Waals surface area contributed by atoms with Gasteiger partial charge in [-0.2, -0.15) is 0 Å². The number of carbonyl (C=O) groups is 2. The van der Waals surface area contributed by atoms with E-state index in [0.717, 1.165) is 19.6 Å². The number of nitrogens with one attached hydrogen (secondary N) is 1. The molecule has 1 aliphatic heterocycles. The molecule has 1 aromatic carbocycles. The minimum Gasteiger partial charge on any atom is -0.462 e. The molecule has 6 nitrogen and oxygen atoms in total. The van der Waals surface area contributed by atoms with E-state index in [4.69, 9.17) is 4.74 Å². The molecule has 0 saturated carbocycles. The third kappa shape index (κ3) is 4.28. The number of piperazine rings is 1. The fraction of sp³-hybridized carbons (Fsp3) is 0.455. The van der Waals surface area contributed by atoms with Gasteiger partial charge in [-0.25, -0.2) is 4.79 Å². The average molecular weight is 383 g/mol. The molecular weight excluding hydrogens is 354 g/mol. The maximum Gasteiger partial charge on any atom is 0.340 e. The van der Waals surface area contributed by atoms with Gasteiger partial charge in [0.25, 0.3) is 5.91 Å². The van der Waals surface area contributed by atoms with E-state index in [-0.39, 0.29) is 11.9 Å². The van der Waals surface area contributed by atoms with Gasteiger partial charge in [0.1, 0.15) is 5.69 Å². The summed E-state index contributed by atoms with van der Waals surface area (Å²) in [7, 11) is 0. The first-order chi connectivity index (χ1) is 13.4. The van der Waals surface area contributed by atoms with Crippen LogP contribution in [0.2, 0.25) is 0 Å². The Morgan fingerprint density at radius 1 is 1.11 bits per heavy atom. The number of aromatic amines is 1. The third-order valence-electron chi connectivity index (χ3n) is 5.28. The molecule has 1 amide bonds. The SMILES string of the molecule is CCOC(=O)c1c(C)[nH]c(C(=O)N2CCN(Cc3cccc(C)c3)CC2)c1C. The summed E-state index contributed by atoms with van der Waals surface area (Å²) in [5.41, 5.74) is 4.88. The average Bonchev–Trinajstić information content (AvgIpc) is 2.96. The largest absolute Gasteiger partial charge is 0.462 e. The Labute approximate surface area is 166 Å². The van der Waals surface area contributed by atoms with Gasteiger partial charge in [0.2, 0.25) is 0 Å². The molecule has 0 atom stereocenters. The van der Waals surface area contributed by atoms with Crippen LogP contribution in [-0.2, 0) is 11.3 Å². The van der Waals surface area contributed by atoms with Crippen molar-refractivity contribution >= 4 is 11.9 Å². The molecule has 150 valence electrons. The highest BCUT2D eigenvalue weighted by molar-refractivity contribution is 6.00. The fourth-order valence-corrected chi connectivity index (χ4v) is 3.81. The van der Waals surface area contributed by atoms with E-state index < -0.39 is 0 Å². The molecule has 1 saturated heterocycles. The van der Waals surface area contributed by atoms with Crippen LogP contribution >= 0.6 is 0 Å². The highest BCUT2D eigenvalue weighted by Gasteiger charge is 2.28. The Balaban J connectivity index is 1.64. The summed E-state index contributed by atoms with van der Waals surface area (Å²) in [4.78, 5) is 32.5. The molecule has 28 heavy (non-hydrogen) atoms. The number of amides is 1. The molecule has 0 radical (unpaired) electrons. The van der Waals surface area contributed by atoms with Crippen molar-refractivity contribution in [2.24, 2.45) is 0 Å². The number of hydrogen-bond donors (Lipinski definition) is 1. The van der Waals surface area contributed by atoms with E-state index in [2.05, 4.69) is 41.1 Å². The van der Waals surface area contributed by atoms with Gasteiger partial charge < -0.3 is 14.6 Å². The second kappa shape index (κ2) is 8.61. The molecule has 2 heterocycles. The van der Waals surface area contributed by atoms with E-state index in [1.807, 2.05) is 4.90 Å². The minimum atomic E-state index is -0.379. The maximum absolute atomic E-state index is 13.0. The maximum atomic E-state index is 13.0. The summed E-state index contributed by atoms with van der Waals surface area (Å²) in [6.07, 6.45) is 0. The van der Waals surface area contributed by atoms with Gasteiger partial charge in [-0.05, 0) is 38.8 Å². The molecule has 2 aromatic rings. The molecule has 1 aliphatic rings. The van der Waals surface area contributed by atoms with Crippen molar-refractivity contribution in [2.45, 2.75) is 34.2 Å². The van der Waals surface area contributed by atoms with Gasteiger partial charge in [-0.1, -0.05) is 29.8 Å². The molecule has 0 aliphatic carbocycles. The van der Waals surface area contributed by atoms with E-state index in [1.54, 1.807) is 20.8 Å². The van der Waals surface area contributed by atoms with Crippen LogP contribution in [0.1, 0.15) is 50.2 Å². The van der Waals surface area contributed by atoms with Crippen LogP contribution in [0.3, 0.4) is 0 Å². The van der Waals surface area contributed by atoms with Crippen LogP contribution in [0.4, 0.5) is 0 Å². The predicted octanol–water partition coefficient (Wildman–Crippen LogP) is 3.07. The van der Waals surface area contributed by atoms with Crippen molar-refractivity contribution in [3.05, 3.63) is 57.9 Å².